The molecule has 5 aliphatic rings. The first-order valence-corrected chi connectivity index (χ1v) is 13.3. The monoisotopic (exact) mass is 461 g/mol. The molecule has 0 aromatic carbocycles. The molecule has 8 nitrogen and oxygen atoms in total. The number of piperazine rings is 1. The molecule has 3 heterocycles. The molecule has 8 atom stereocenters. The maximum absolute atomic E-state index is 13.5. The highest BCUT2D eigenvalue weighted by Gasteiger charge is 2.49. The zero-order valence-electron chi connectivity index (χ0n) is 20.8. The summed E-state index contributed by atoms with van der Waals surface area (Å²) >= 11 is 0. The van der Waals surface area contributed by atoms with Gasteiger partial charge in [0.15, 0.2) is 0 Å². The summed E-state index contributed by atoms with van der Waals surface area (Å²) in [7, 11) is 0. The van der Waals surface area contributed by atoms with Crippen LogP contribution in [0.3, 0.4) is 0 Å². The van der Waals surface area contributed by atoms with Crippen LogP contribution in [0.15, 0.2) is 0 Å². The zero-order chi connectivity index (χ0) is 23.3. The van der Waals surface area contributed by atoms with E-state index in [1.807, 2.05) is 4.90 Å². The van der Waals surface area contributed by atoms with Gasteiger partial charge in [-0.25, -0.2) is 9.80 Å². The number of hydrazine groups is 1. The van der Waals surface area contributed by atoms with Gasteiger partial charge in [0.25, 0.3) is 0 Å². The van der Waals surface area contributed by atoms with E-state index in [0.717, 1.165) is 51.2 Å². The van der Waals surface area contributed by atoms with Crippen LogP contribution in [0.1, 0.15) is 72.6 Å². The highest BCUT2D eigenvalue weighted by atomic mass is 16.6. The second-order valence-corrected chi connectivity index (χ2v) is 11.5. The Bertz CT molecular complexity index is 746. The summed E-state index contributed by atoms with van der Waals surface area (Å²) in [5.41, 5.74) is 3.63. The van der Waals surface area contributed by atoms with Gasteiger partial charge in [0.1, 0.15) is 6.10 Å². The molecule has 33 heavy (non-hydrogen) atoms. The molecule has 0 aromatic heterocycles. The summed E-state index contributed by atoms with van der Waals surface area (Å²) in [6.07, 6.45) is 7.37. The van der Waals surface area contributed by atoms with Crippen molar-refractivity contribution in [2.45, 2.75) is 115 Å². The number of rotatable bonds is 3. The minimum absolute atomic E-state index is 0.0216. The van der Waals surface area contributed by atoms with Gasteiger partial charge in [0.05, 0.1) is 12.1 Å². The summed E-state index contributed by atoms with van der Waals surface area (Å²) in [4.78, 5) is 30.1. The number of hydrogen-bond donors (Lipinski definition) is 2. The number of carbonyl (C=O) groups excluding carboxylic acids is 2. The van der Waals surface area contributed by atoms with E-state index in [0.29, 0.717) is 24.4 Å². The summed E-state index contributed by atoms with van der Waals surface area (Å²) in [5.74, 6) is 1.33. The maximum Gasteiger partial charge on any atom is 0.410 e. The van der Waals surface area contributed by atoms with E-state index >= 15 is 0 Å². The lowest BCUT2D eigenvalue weighted by atomic mass is 9.73. The first-order chi connectivity index (χ1) is 15.8. The molecule has 2 saturated carbocycles. The Morgan fingerprint density at radius 3 is 2.39 bits per heavy atom. The Kier molecular flexibility index (Phi) is 6.62. The number of ether oxygens (including phenoxy) is 1. The minimum Gasteiger partial charge on any atom is -0.444 e. The van der Waals surface area contributed by atoms with Crippen LogP contribution in [0.5, 0.6) is 0 Å². The largest absolute Gasteiger partial charge is 0.444 e. The molecule has 2 N–H and O–H groups in total. The number of carbonyl (C=O) groups is 2. The third-order valence-electron chi connectivity index (χ3n) is 9.00. The fourth-order valence-corrected chi connectivity index (χ4v) is 7.10. The molecule has 8 heteroatoms. The van der Waals surface area contributed by atoms with E-state index in [4.69, 9.17) is 4.74 Å². The van der Waals surface area contributed by atoms with Crippen molar-refractivity contribution in [2.75, 3.05) is 19.6 Å². The van der Waals surface area contributed by atoms with E-state index in [1.165, 1.54) is 12.8 Å². The van der Waals surface area contributed by atoms with Gasteiger partial charge in [0, 0.05) is 50.7 Å². The molecule has 7 unspecified atom stereocenters. The smallest absolute Gasteiger partial charge is 0.410 e. The molecule has 0 radical (unpaired) electrons. The number of nitrogens with one attached hydrogen (secondary N) is 2. The van der Waals surface area contributed by atoms with Crippen LogP contribution in [0.2, 0.25) is 0 Å². The Balaban J connectivity index is 1.29. The molecule has 0 spiro atoms. The second kappa shape index (κ2) is 9.34. The highest BCUT2D eigenvalue weighted by molar-refractivity contribution is 5.75. The van der Waals surface area contributed by atoms with Crippen LogP contribution in [-0.4, -0.2) is 88.8 Å². The van der Waals surface area contributed by atoms with E-state index in [2.05, 4.69) is 41.4 Å². The number of hydrogen-bond acceptors (Lipinski definition) is 6. The van der Waals surface area contributed by atoms with Crippen molar-refractivity contribution >= 4 is 12.0 Å². The van der Waals surface area contributed by atoms with Crippen molar-refractivity contribution in [3.05, 3.63) is 0 Å². The van der Waals surface area contributed by atoms with Gasteiger partial charge in [-0.15, -0.1) is 0 Å². The minimum atomic E-state index is -0.182. The number of piperidine rings is 1. The van der Waals surface area contributed by atoms with E-state index in [9.17, 15) is 9.59 Å². The summed E-state index contributed by atoms with van der Waals surface area (Å²) in [6.45, 7) is 10.8. The van der Waals surface area contributed by atoms with Crippen LogP contribution in [0.25, 0.3) is 0 Å². The Morgan fingerprint density at radius 2 is 1.70 bits per heavy atom. The highest BCUT2D eigenvalue weighted by Crippen LogP contribution is 2.41. The maximum atomic E-state index is 13.5. The SMILES string of the molecule is CC(=O)N1C2CCC(C3CNN(C4CC4)C3)CC2N(C(=O)OC2CCC(C)NC2C)C[C@@H]1C. The van der Waals surface area contributed by atoms with E-state index in [-0.39, 0.29) is 42.3 Å². The third-order valence-corrected chi connectivity index (χ3v) is 9.00. The van der Waals surface area contributed by atoms with E-state index in [1.54, 1.807) is 6.92 Å². The fourth-order valence-electron chi connectivity index (χ4n) is 7.10. The first-order valence-electron chi connectivity index (χ1n) is 13.3. The van der Waals surface area contributed by atoms with Crippen molar-refractivity contribution < 1.29 is 14.3 Å². The molecule has 3 aliphatic heterocycles. The molecule has 5 rings (SSSR count). The van der Waals surface area contributed by atoms with E-state index < -0.39 is 0 Å². The summed E-state index contributed by atoms with van der Waals surface area (Å²) in [5, 5.41) is 5.98. The zero-order valence-corrected chi connectivity index (χ0v) is 20.8. The van der Waals surface area contributed by atoms with Crippen molar-refractivity contribution in [3.8, 4) is 0 Å². The van der Waals surface area contributed by atoms with Gasteiger partial charge < -0.3 is 19.9 Å². The molecule has 0 aromatic rings. The molecular formula is C25H43N5O3. The van der Waals surface area contributed by atoms with Crippen LogP contribution in [-0.2, 0) is 9.53 Å². The molecule has 0 bridgehead atoms. The predicted molar refractivity (Wildman–Crippen MR) is 126 cm³/mol. The molecule has 5 fully saturated rings. The van der Waals surface area contributed by atoms with Crippen LogP contribution in [0, 0.1) is 11.8 Å². The van der Waals surface area contributed by atoms with Crippen molar-refractivity contribution in [2.24, 2.45) is 11.8 Å². The Labute approximate surface area is 198 Å². The van der Waals surface area contributed by atoms with Crippen LogP contribution in [0.4, 0.5) is 4.79 Å². The third kappa shape index (κ3) is 4.76. The van der Waals surface area contributed by atoms with Crippen molar-refractivity contribution in [1.29, 1.82) is 0 Å². The van der Waals surface area contributed by atoms with Gasteiger partial charge in [0.2, 0.25) is 5.91 Å². The molecular weight excluding hydrogens is 418 g/mol. The van der Waals surface area contributed by atoms with Crippen LogP contribution >= 0.6 is 0 Å². The van der Waals surface area contributed by atoms with Crippen molar-refractivity contribution in [1.82, 2.24) is 25.6 Å². The normalized spacial score (nSPS) is 42.2. The lowest BCUT2D eigenvalue weighted by Crippen LogP contribution is -2.67. The standard InChI is InChI=1S/C25H43N5O3/c1-15-5-10-24(17(3)27-15)33-25(32)28-13-16(2)30(18(4)31)22-9-6-19(11-23(22)28)20-12-26-29(14-20)21-7-8-21/h15-17,19-24,26-27H,5-14H2,1-4H3/t15?,16-,17?,19?,20?,22?,23?,24?/m0/s1. The lowest BCUT2D eigenvalue weighted by Gasteiger charge is -2.54. The fraction of sp³-hybridized carbons (Fsp3) is 0.920. The summed E-state index contributed by atoms with van der Waals surface area (Å²) in [6, 6.07) is 1.54. The quantitative estimate of drug-likeness (QED) is 0.672. The molecule has 3 saturated heterocycles. The average molecular weight is 462 g/mol. The Hall–Kier alpha value is -1.38. The second-order valence-electron chi connectivity index (χ2n) is 11.5. The van der Waals surface area contributed by atoms with Gasteiger partial charge >= 0.3 is 6.09 Å². The van der Waals surface area contributed by atoms with Gasteiger partial charge in [-0.2, -0.15) is 0 Å². The molecule has 2 amide bonds. The number of nitrogens with zero attached hydrogens (tertiary/aromatic N) is 3. The first kappa shape index (κ1) is 23.4. The summed E-state index contributed by atoms with van der Waals surface area (Å²) < 4.78 is 6.10. The number of fused-ring (bicyclic) bond motifs is 1. The van der Waals surface area contributed by atoms with Gasteiger partial charge in [-0.05, 0) is 77.6 Å². The number of amides is 2. The molecule has 186 valence electrons. The molecule has 2 aliphatic carbocycles. The van der Waals surface area contributed by atoms with Gasteiger partial charge in [-0.3, -0.25) is 10.2 Å². The van der Waals surface area contributed by atoms with Crippen molar-refractivity contribution in [3.63, 3.8) is 0 Å². The lowest BCUT2D eigenvalue weighted by molar-refractivity contribution is -0.142. The Morgan fingerprint density at radius 1 is 0.909 bits per heavy atom. The van der Waals surface area contributed by atoms with Gasteiger partial charge in [-0.1, -0.05) is 0 Å². The van der Waals surface area contributed by atoms with Crippen LogP contribution < -0.4 is 10.7 Å². The topological polar surface area (TPSA) is 77.2 Å². The predicted octanol–water partition coefficient (Wildman–Crippen LogP) is 2.34. The average Bonchev–Trinajstić information content (AvgIpc) is 3.51.